The van der Waals surface area contributed by atoms with Gasteiger partial charge in [-0.2, -0.15) is 0 Å². The van der Waals surface area contributed by atoms with E-state index >= 15 is 0 Å². The number of hydrazine groups is 1. The number of anilines is 1. The molecule has 0 heterocycles. The van der Waals surface area contributed by atoms with Crippen LogP contribution in [0.5, 0.6) is 0 Å². The van der Waals surface area contributed by atoms with Gasteiger partial charge in [-0.25, -0.2) is 18.7 Å². The molecule has 3 N–H and O–H groups in total. The molecule has 132 valence electrons. The molecule has 1 amide bonds. The molecular formula is C14H13FN4O5S. The van der Waals surface area contributed by atoms with Crippen molar-refractivity contribution in [2.75, 3.05) is 10.8 Å². The summed E-state index contributed by atoms with van der Waals surface area (Å²) in [5, 5.41) is 11.1. The predicted octanol–water partition coefficient (Wildman–Crippen LogP) is 0.919. The number of amides is 1. The molecule has 0 aromatic heterocycles. The molecule has 25 heavy (non-hydrogen) atoms. The SMILES string of the molecule is NNC(=O)CN(c1ccccc1F)S(=O)(=O)c1ccccc1[N+](=O)[O-]. The third kappa shape index (κ3) is 3.72. The molecule has 0 unspecified atom stereocenters. The van der Waals surface area contributed by atoms with E-state index in [0.29, 0.717) is 4.31 Å². The average Bonchev–Trinajstić information content (AvgIpc) is 2.60. The van der Waals surface area contributed by atoms with E-state index in [-0.39, 0.29) is 0 Å². The third-order valence-corrected chi connectivity index (χ3v) is 5.01. The molecule has 2 aromatic carbocycles. The lowest BCUT2D eigenvalue weighted by molar-refractivity contribution is -0.387. The van der Waals surface area contributed by atoms with Crippen LogP contribution in [0, 0.1) is 15.9 Å². The first-order valence-corrected chi connectivity index (χ1v) is 8.23. The zero-order chi connectivity index (χ0) is 18.6. The smallest absolute Gasteiger partial charge is 0.289 e. The Morgan fingerprint density at radius 1 is 1.20 bits per heavy atom. The van der Waals surface area contributed by atoms with Gasteiger partial charge in [-0.1, -0.05) is 24.3 Å². The number of rotatable bonds is 6. The van der Waals surface area contributed by atoms with Crippen molar-refractivity contribution < 1.29 is 22.5 Å². The maximum absolute atomic E-state index is 14.1. The minimum absolute atomic E-state index is 0.423. The van der Waals surface area contributed by atoms with Crippen LogP contribution in [-0.4, -0.2) is 25.8 Å². The first-order chi connectivity index (χ1) is 11.8. The van der Waals surface area contributed by atoms with Gasteiger partial charge < -0.3 is 0 Å². The number of sulfonamides is 1. The second kappa shape index (κ2) is 7.23. The van der Waals surface area contributed by atoms with Gasteiger partial charge in [0.05, 0.1) is 10.6 Å². The highest BCUT2D eigenvalue weighted by molar-refractivity contribution is 7.93. The van der Waals surface area contributed by atoms with Crippen LogP contribution in [0.4, 0.5) is 15.8 Å². The maximum atomic E-state index is 14.1. The summed E-state index contributed by atoms with van der Waals surface area (Å²) in [5.41, 5.74) is 0.606. The minimum atomic E-state index is -4.62. The van der Waals surface area contributed by atoms with Crippen LogP contribution in [0.15, 0.2) is 53.4 Å². The normalized spacial score (nSPS) is 11.0. The van der Waals surface area contributed by atoms with Crippen LogP contribution in [0.25, 0.3) is 0 Å². The van der Waals surface area contributed by atoms with Gasteiger partial charge in [0.1, 0.15) is 12.4 Å². The second-order valence-electron chi connectivity index (χ2n) is 4.76. The van der Waals surface area contributed by atoms with Gasteiger partial charge >= 0.3 is 0 Å². The van der Waals surface area contributed by atoms with Crippen LogP contribution < -0.4 is 15.6 Å². The highest BCUT2D eigenvalue weighted by Gasteiger charge is 2.34. The van der Waals surface area contributed by atoms with Gasteiger partial charge in [-0.05, 0) is 18.2 Å². The Bertz CT molecular complexity index is 919. The second-order valence-corrected chi connectivity index (χ2v) is 6.59. The Balaban J connectivity index is 2.67. The summed E-state index contributed by atoms with van der Waals surface area (Å²) >= 11 is 0. The van der Waals surface area contributed by atoms with Gasteiger partial charge in [-0.15, -0.1) is 0 Å². The topological polar surface area (TPSA) is 136 Å². The number of nitro benzene ring substituents is 1. The molecule has 2 rings (SSSR count). The summed E-state index contributed by atoms with van der Waals surface area (Å²) in [4.78, 5) is 21.2. The van der Waals surface area contributed by atoms with Crippen molar-refractivity contribution in [3.63, 3.8) is 0 Å². The number of hydrogen-bond donors (Lipinski definition) is 2. The zero-order valence-corrected chi connectivity index (χ0v) is 13.4. The Kier molecular flexibility index (Phi) is 5.29. The van der Waals surface area contributed by atoms with Gasteiger partial charge in [0.25, 0.3) is 21.6 Å². The van der Waals surface area contributed by atoms with Gasteiger partial charge in [0.2, 0.25) is 0 Å². The van der Waals surface area contributed by atoms with Crippen LogP contribution in [0.1, 0.15) is 0 Å². The highest BCUT2D eigenvalue weighted by atomic mass is 32.2. The fraction of sp³-hybridized carbons (Fsp3) is 0.0714. The summed E-state index contributed by atoms with van der Waals surface area (Å²) in [7, 11) is -4.62. The fourth-order valence-corrected chi connectivity index (χ4v) is 3.66. The molecule has 9 nitrogen and oxygen atoms in total. The molecular weight excluding hydrogens is 355 g/mol. The van der Waals surface area contributed by atoms with E-state index in [4.69, 9.17) is 5.84 Å². The van der Waals surface area contributed by atoms with Crippen LogP contribution in [-0.2, 0) is 14.8 Å². The molecule has 0 aliphatic rings. The first kappa shape index (κ1) is 18.3. The van der Waals surface area contributed by atoms with E-state index in [9.17, 15) is 27.7 Å². The number of nitro groups is 1. The Morgan fingerprint density at radius 3 is 2.40 bits per heavy atom. The molecule has 11 heteroatoms. The van der Waals surface area contributed by atoms with Gasteiger partial charge in [-0.3, -0.25) is 24.6 Å². The molecule has 0 saturated heterocycles. The summed E-state index contributed by atoms with van der Waals surface area (Å²) in [5.74, 6) is 3.13. The number of carbonyl (C=O) groups excluding carboxylic acids is 1. The van der Waals surface area contributed by atoms with E-state index in [2.05, 4.69) is 0 Å². The summed E-state index contributed by atoms with van der Waals surface area (Å²) in [6.07, 6.45) is 0. The maximum Gasteiger partial charge on any atom is 0.289 e. The van der Waals surface area contributed by atoms with E-state index < -0.39 is 49.5 Å². The lowest BCUT2D eigenvalue weighted by Gasteiger charge is -2.23. The molecule has 0 bridgehead atoms. The Labute approximate surface area is 142 Å². The number of carbonyl (C=O) groups is 1. The predicted molar refractivity (Wildman–Crippen MR) is 86.4 cm³/mol. The number of nitrogens with one attached hydrogen (secondary N) is 1. The molecule has 0 saturated carbocycles. The fourth-order valence-electron chi connectivity index (χ4n) is 2.07. The quantitative estimate of drug-likeness (QED) is 0.337. The molecule has 2 aromatic rings. The lowest BCUT2D eigenvalue weighted by Crippen LogP contribution is -2.43. The Morgan fingerprint density at radius 2 is 1.80 bits per heavy atom. The monoisotopic (exact) mass is 368 g/mol. The standard InChI is InChI=1S/C14H13FN4O5S/c15-10-5-1-2-6-11(10)18(9-14(20)17-16)25(23,24)13-8-4-3-7-12(13)19(21)22/h1-8H,9,16H2,(H,17,20). The first-order valence-electron chi connectivity index (χ1n) is 6.79. The van der Waals surface area contributed by atoms with Crippen molar-refractivity contribution in [1.29, 1.82) is 0 Å². The van der Waals surface area contributed by atoms with Crippen molar-refractivity contribution in [3.05, 3.63) is 64.5 Å². The number of benzene rings is 2. The Hall–Kier alpha value is -3.05. The number of halogens is 1. The van der Waals surface area contributed by atoms with E-state index in [1.165, 1.54) is 24.3 Å². The number of nitrogens with two attached hydrogens (primary N) is 1. The van der Waals surface area contributed by atoms with Crippen LogP contribution >= 0.6 is 0 Å². The molecule has 0 aliphatic carbocycles. The molecule has 0 radical (unpaired) electrons. The van der Waals surface area contributed by atoms with Crippen LogP contribution in [0.3, 0.4) is 0 Å². The lowest BCUT2D eigenvalue weighted by atomic mass is 10.3. The number of nitrogens with zero attached hydrogens (tertiary/aromatic N) is 2. The van der Waals surface area contributed by atoms with Gasteiger partial charge in [0.15, 0.2) is 4.90 Å². The van der Waals surface area contributed by atoms with E-state index in [1.807, 2.05) is 0 Å². The van der Waals surface area contributed by atoms with Crippen molar-refractivity contribution in [2.24, 2.45) is 5.84 Å². The van der Waals surface area contributed by atoms with Crippen molar-refractivity contribution in [3.8, 4) is 0 Å². The summed E-state index contributed by atoms with van der Waals surface area (Å²) in [6, 6.07) is 9.39. The largest absolute Gasteiger partial charge is 0.293 e. The van der Waals surface area contributed by atoms with Crippen molar-refractivity contribution in [2.45, 2.75) is 4.90 Å². The highest BCUT2D eigenvalue weighted by Crippen LogP contribution is 2.30. The number of hydrogen-bond acceptors (Lipinski definition) is 6. The third-order valence-electron chi connectivity index (χ3n) is 3.20. The van der Waals surface area contributed by atoms with E-state index in [0.717, 1.165) is 24.3 Å². The van der Waals surface area contributed by atoms with Crippen molar-refractivity contribution in [1.82, 2.24) is 5.43 Å². The van der Waals surface area contributed by atoms with Gasteiger partial charge in [0, 0.05) is 6.07 Å². The zero-order valence-electron chi connectivity index (χ0n) is 12.6. The number of para-hydroxylation sites is 2. The molecule has 0 atom stereocenters. The van der Waals surface area contributed by atoms with Crippen molar-refractivity contribution >= 4 is 27.3 Å². The summed E-state index contributed by atoms with van der Waals surface area (Å²) in [6.45, 7) is -0.855. The van der Waals surface area contributed by atoms with E-state index in [1.54, 1.807) is 5.43 Å². The molecule has 0 spiro atoms. The summed E-state index contributed by atoms with van der Waals surface area (Å²) < 4.78 is 40.3. The minimum Gasteiger partial charge on any atom is -0.293 e. The van der Waals surface area contributed by atoms with Crippen LogP contribution in [0.2, 0.25) is 0 Å². The average molecular weight is 368 g/mol. The molecule has 0 fully saturated rings. The molecule has 0 aliphatic heterocycles.